The molecule has 20 heavy (non-hydrogen) atoms. The zero-order chi connectivity index (χ0) is 15.3. The minimum atomic E-state index is -3.51. The van der Waals surface area contributed by atoms with E-state index in [0.717, 1.165) is 12.3 Å². The number of thioether (sulfide) groups is 1. The summed E-state index contributed by atoms with van der Waals surface area (Å²) >= 11 is 1.79. The van der Waals surface area contributed by atoms with Crippen molar-refractivity contribution in [1.29, 1.82) is 0 Å². The number of benzene rings is 1. The molecule has 1 aromatic rings. The summed E-state index contributed by atoms with van der Waals surface area (Å²) in [4.78, 5) is 0.144. The Bertz CT molecular complexity index is 545. The Morgan fingerprint density at radius 2 is 2.05 bits per heavy atom. The average molecular weight is 317 g/mol. The number of nitrogen functional groups attached to an aromatic ring is 1. The number of nitrogens with zero attached hydrogens (tertiary/aromatic N) is 1. The second-order valence-electron chi connectivity index (χ2n) is 4.95. The fraction of sp³-hybridized carbons (Fsp3) is 0.538. The van der Waals surface area contributed by atoms with E-state index in [0.29, 0.717) is 11.6 Å². The number of hydrogen-bond acceptors (Lipinski definition) is 5. The Morgan fingerprint density at radius 1 is 1.40 bits per heavy atom. The zero-order valence-corrected chi connectivity index (χ0v) is 14.0. The molecule has 114 valence electrons. The molecule has 0 bridgehead atoms. The number of hydrogen-bond donors (Lipinski definition) is 2. The highest BCUT2D eigenvalue weighted by molar-refractivity contribution is 7.98. The largest absolute Gasteiger partial charge is 0.396 e. The predicted molar refractivity (Wildman–Crippen MR) is 87.8 cm³/mol. The number of para-hydroxylation sites is 1. The Labute approximate surface area is 126 Å². The molecule has 1 aromatic carbocycles. The summed E-state index contributed by atoms with van der Waals surface area (Å²) in [5.41, 5.74) is 6.94. The molecule has 0 aliphatic carbocycles. The number of sulfonamides is 1. The SMILES string of the molecule is CSCC(C)CNc1cccc(S(=O)(=O)N(C)C)c1N. The van der Waals surface area contributed by atoms with Gasteiger partial charge >= 0.3 is 0 Å². The summed E-state index contributed by atoms with van der Waals surface area (Å²) in [6, 6.07) is 5.03. The van der Waals surface area contributed by atoms with E-state index >= 15 is 0 Å². The standard InChI is InChI=1S/C13H23N3O2S2/c1-10(9-19-4)8-15-11-6-5-7-12(13(11)14)20(17,18)16(2)3/h5-7,10,15H,8-9,14H2,1-4H3. The van der Waals surface area contributed by atoms with Crippen LogP contribution in [-0.4, -0.2) is 45.4 Å². The lowest BCUT2D eigenvalue weighted by atomic mass is 10.2. The lowest BCUT2D eigenvalue weighted by Gasteiger charge is -2.18. The van der Waals surface area contributed by atoms with E-state index in [1.807, 2.05) is 0 Å². The number of nitrogens with one attached hydrogen (secondary N) is 1. The van der Waals surface area contributed by atoms with Gasteiger partial charge in [-0.25, -0.2) is 12.7 Å². The molecule has 0 fully saturated rings. The van der Waals surface area contributed by atoms with Gasteiger partial charge in [0.2, 0.25) is 10.0 Å². The molecule has 0 radical (unpaired) electrons. The van der Waals surface area contributed by atoms with Crippen LogP contribution in [0.3, 0.4) is 0 Å². The molecule has 0 heterocycles. The highest BCUT2D eigenvalue weighted by Crippen LogP contribution is 2.28. The topological polar surface area (TPSA) is 75.4 Å². The smallest absolute Gasteiger partial charge is 0.244 e. The molecule has 0 aliphatic rings. The zero-order valence-electron chi connectivity index (χ0n) is 12.4. The number of rotatable bonds is 7. The van der Waals surface area contributed by atoms with Crippen molar-refractivity contribution in [3.05, 3.63) is 18.2 Å². The summed E-state index contributed by atoms with van der Waals surface area (Å²) in [6.45, 7) is 2.90. The lowest BCUT2D eigenvalue weighted by Crippen LogP contribution is -2.23. The third-order valence-corrected chi connectivity index (χ3v) is 5.69. The summed E-state index contributed by atoms with van der Waals surface area (Å²) in [7, 11) is -0.524. The molecule has 1 atom stereocenters. The van der Waals surface area contributed by atoms with E-state index in [4.69, 9.17) is 5.73 Å². The van der Waals surface area contributed by atoms with Crippen LogP contribution in [0.5, 0.6) is 0 Å². The second kappa shape index (κ2) is 7.19. The lowest BCUT2D eigenvalue weighted by molar-refractivity contribution is 0.521. The normalized spacial score (nSPS) is 13.4. The van der Waals surface area contributed by atoms with Crippen LogP contribution in [0.2, 0.25) is 0 Å². The van der Waals surface area contributed by atoms with Crippen molar-refractivity contribution < 1.29 is 8.42 Å². The fourth-order valence-electron chi connectivity index (χ4n) is 1.75. The molecule has 0 aliphatic heterocycles. The van der Waals surface area contributed by atoms with Crippen molar-refractivity contribution in [1.82, 2.24) is 4.31 Å². The molecule has 0 saturated carbocycles. The molecule has 0 spiro atoms. The van der Waals surface area contributed by atoms with Crippen molar-refractivity contribution >= 4 is 33.2 Å². The maximum atomic E-state index is 12.2. The van der Waals surface area contributed by atoms with Crippen molar-refractivity contribution in [2.45, 2.75) is 11.8 Å². The molecule has 1 unspecified atom stereocenters. The average Bonchev–Trinajstić information content (AvgIpc) is 2.37. The highest BCUT2D eigenvalue weighted by Gasteiger charge is 2.21. The van der Waals surface area contributed by atoms with Crippen molar-refractivity contribution in [3.8, 4) is 0 Å². The van der Waals surface area contributed by atoms with Gasteiger partial charge in [-0.2, -0.15) is 11.8 Å². The second-order valence-corrected chi connectivity index (χ2v) is 7.98. The predicted octanol–water partition coefficient (Wildman–Crippen LogP) is 1.93. The Balaban J connectivity index is 2.97. The Kier molecular flexibility index (Phi) is 6.16. The number of anilines is 2. The molecular weight excluding hydrogens is 294 g/mol. The summed E-state index contributed by atoms with van der Waals surface area (Å²) in [5.74, 6) is 1.53. The Hall–Kier alpha value is -0.920. The third kappa shape index (κ3) is 4.04. The van der Waals surface area contributed by atoms with Gasteiger partial charge in [0, 0.05) is 20.6 Å². The first-order chi connectivity index (χ1) is 9.30. The first kappa shape index (κ1) is 17.1. The third-order valence-electron chi connectivity index (χ3n) is 2.92. The van der Waals surface area contributed by atoms with Gasteiger partial charge in [0.05, 0.1) is 11.4 Å². The van der Waals surface area contributed by atoms with Gasteiger partial charge in [0.1, 0.15) is 4.90 Å². The molecule has 1 rings (SSSR count). The first-order valence-corrected chi connectivity index (χ1v) is 9.18. The summed E-state index contributed by atoms with van der Waals surface area (Å²) in [6.07, 6.45) is 2.06. The van der Waals surface area contributed by atoms with Gasteiger partial charge in [-0.3, -0.25) is 0 Å². The van der Waals surface area contributed by atoms with Crippen molar-refractivity contribution in [3.63, 3.8) is 0 Å². The summed E-state index contributed by atoms with van der Waals surface area (Å²) in [5, 5.41) is 3.23. The van der Waals surface area contributed by atoms with E-state index < -0.39 is 10.0 Å². The van der Waals surface area contributed by atoms with Gasteiger partial charge in [-0.1, -0.05) is 13.0 Å². The first-order valence-electron chi connectivity index (χ1n) is 6.34. The number of nitrogens with two attached hydrogens (primary N) is 1. The van der Waals surface area contributed by atoms with Crippen LogP contribution in [0.4, 0.5) is 11.4 Å². The molecule has 7 heteroatoms. The van der Waals surface area contributed by atoms with Crippen LogP contribution in [0.1, 0.15) is 6.92 Å². The van der Waals surface area contributed by atoms with Crippen molar-refractivity contribution in [2.24, 2.45) is 5.92 Å². The minimum Gasteiger partial charge on any atom is -0.396 e. The van der Waals surface area contributed by atoms with Crippen LogP contribution in [-0.2, 0) is 10.0 Å². The van der Waals surface area contributed by atoms with E-state index in [-0.39, 0.29) is 10.6 Å². The highest BCUT2D eigenvalue weighted by atomic mass is 32.2. The maximum Gasteiger partial charge on any atom is 0.244 e. The molecular formula is C13H23N3O2S2. The van der Waals surface area contributed by atoms with Crippen LogP contribution in [0.25, 0.3) is 0 Å². The van der Waals surface area contributed by atoms with Crippen LogP contribution in [0.15, 0.2) is 23.1 Å². The maximum absolute atomic E-state index is 12.2. The van der Waals surface area contributed by atoms with E-state index in [2.05, 4.69) is 18.5 Å². The quantitative estimate of drug-likeness (QED) is 0.752. The fourth-order valence-corrected chi connectivity index (χ4v) is 3.47. The molecule has 0 saturated heterocycles. The molecule has 3 N–H and O–H groups in total. The van der Waals surface area contributed by atoms with Gasteiger partial charge < -0.3 is 11.1 Å². The van der Waals surface area contributed by atoms with Crippen LogP contribution in [0, 0.1) is 5.92 Å². The summed E-state index contributed by atoms with van der Waals surface area (Å²) < 4.78 is 25.5. The van der Waals surface area contributed by atoms with Gasteiger partial charge in [0.15, 0.2) is 0 Å². The molecule has 0 amide bonds. The van der Waals surface area contributed by atoms with Gasteiger partial charge in [-0.05, 0) is 30.1 Å². The minimum absolute atomic E-state index is 0.144. The van der Waals surface area contributed by atoms with Crippen LogP contribution < -0.4 is 11.1 Å². The van der Waals surface area contributed by atoms with Gasteiger partial charge in [0.25, 0.3) is 0 Å². The Morgan fingerprint density at radius 3 is 2.60 bits per heavy atom. The molecule has 5 nitrogen and oxygen atoms in total. The monoisotopic (exact) mass is 317 g/mol. The van der Waals surface area contributed by atoms with Gasteiger partial charge in [-0.15, -0.1) is 0 Å². The van der Waals surface area contributed by atoms with E-state index in [1.165, 1.54) is 24.5 Å². The van der Waals surface area contributed by atoms with Crippen LogP contribution >= 0.6 is 11.8 Å². The molecule has 0 aromatic heterocycles. The van der Waals surface area contributed by atoms with E-state index in [9.17, 15) is 8.42 Å². The van der Waals surface area contributed by atoms with E-state index in [1.54, 1.807) is 23.9 Å². The van der Waals surface area contributed by atoms with Crippen molar-refractivity contribution in [2.75, 3.05) is 43.7 Å².